The number of unbranched alkanes of at least 4 members (excludes halogenated alkanes) is 8. The largest absolute Gasteiger partial charge is 0.550 e. The molecule has 1 aromatic carbocycles. The number of carbonyl (C=O) groups excluding carboxylic acids is 3. The number of nitrogens with one attached hydrogen (secondary N) is 1. The maximum atomic E-state index is 13.1. The predicted octanol–water partition coefficient (Wildman–Crippen LogP) is 4.84. The average Bonchev–Trinajstić information content (AvgIpc) is 3.29. The quantitative estimate of drug-likeness (QED) is 0.367. The first-order valence-corrected chi connectivity index (χ1v) is 14.2. The van der Waals surface area contributed by atoms with E-state index in [1.54, 1.807) is 0 Å². The molecule has 2 aromatic rings. The fraction of sp³-hybridized carbons (Fsp3) is 0.633. The minimum atomic E-state index is -1.08. The molecular formula is C30H46N3O4-. The lowest BCUT2D eigenvalue weighted by Crippen LogP contribution is -2.58. The number of carboxylic acids is 1. The number of para-hydroxylation sites is 1. The van der Waals surface area contributed by atoms with Gasteiger partial charge in [-0.2, -0.15) is 0 Å². The number of aromatic amines is 1. The molecule has 2 heterocycles. The van der Waals surface area contributed by atoms with E-state index in [0.717, 1.165) is 31.7 Å². The van der Waals surface area contributed by atoms with Crippen molar-refractivity contribution in [2.75, 3.05) is 19.6 Å². The molecule has 1 aromatic heterocycles. The molecule has 1 saturated heterocycles. The molecule has 7 nitrogen and oxygen atoms in total. The first-order chi connectivity index (χ1) is 17.9. The van der Waals surface area contributed by atoms with Crippen LogP contribution in [0, 0.1) is 0 Å². The van der Waals surface area contributed by atoms with Gasteiger partial charge >= 0.3 is 0 Å². The number of benzene rings is 1. The van der Waals surface area contributed by atoms with E-state index in [1.807, 2.05) is 22.8 Å². The first-order valence-electron chi connectivity index (χ1n) is 14.2. The van der Waals surface area contributed by atoms with Crippen LogP contribution in [0.15, 0.2) is 30.5 Å². The normalized spacial score (nSPS) is 15.5. The van der Waals surface area contributed by atoms with Crippen molar-refractivity contribution in [2.24, 2.45) is 0 Å². The van der Waals surface area contributed by atoms with Crippen LogP contribution in [-0.2, 0) is 20.8 Å². The Morgan fingerprint density at radius 2 is 1.59 bits per heavy atom. The van der Waals surface area contributed by atoms with Crippen molar-refractivity contribution in [3.8, 4) is 0 Å². The van der Waals surface area contributed by atoms with Crippen LogP contribution in [0.4, 0.5) is 0 Å². The van der Waals surface area contributed by atoms with E-state index >= 15 is 0 Å². The molecule has 0 spiro atoms. The number of fused-ring (bicyclic) bond motifs is 1. The minimum Gasteiger partial charge on any atom is -0.550 e. The van der Waals surface area contributed by atoms with Crippen molar-refractivity contribution in [3.05, 3.63) is 36.0 Å². The highest BCUT2D eigenvalue weighted by Crippen LogP contribution is 2.21. The van der Waals surface area contributed by atoms with Gasteiger partial charge in [-0.1, -0.05) is 83.4 Å². The molecule has 1 N–H and O–H groups in total. The van der Waals surface area contributed by atoms with Crippen LogP contribution < -0.4 is 5.11 Å². The van der Waals surface area contributed by atoms with Gasteiger partial charge in [-0.15, -0.1) is 0 Å². The number of piperazine rings is 1. The van der Waals surface area contributed by atoms with E-state index in [9.17, 15) is 9.59 Å². The molecule has 1 aliphatic heterocycles. The van der Waals surface area contributed by atoms with Crippen LogP contribution in [0.1, 0.15) is 97.0 Å². The van der Waals surface area contributed by atoms with Crippen molar-refractivity contribution in [1.82, 2.24) is 14.8 Å². The zero-order valence-corrected chi connectivity index (χ0v) is 23.1. The molecule has 0 radical (unpaired) electrons. The molecule has 37 heavy (non-hydrogen) atoms. The number of nitrogens with zero attached hydrogens (tertiary/aromatic N) is 2. The molecule has 1 atom stereocenters. The Kier molecular flexibility index (Phi) is 13.8. The lowest BCUT2D eigenvalue weighted by molar-refractivity contribution is -0.302. The number of aliphatic carboxylic acids is 1. The van der Waals surface area contributed by atoms with E-state index in [2.05, 4.69) is 36.3 Å². The second-order valence-corrected chi connectivity index (χ2v) is 10.0. The minimum absolute atomic E-state index is 0.115. The third kappa shape index (κ3) is 10.2. The van der Waals surface area contributed by atoms with Gasteiger partial charge in [-0.05, 0) is 37.8 Å². The van der Waals surface area contributed by atoms with Crippen molar-refractivity contribution in [1.29, 1.82) is 0 Å². The third-order valence-electron chi connectivity index (χ3n) is 7.11. The summed E-state index contributed by atoms with van der Waals surface area (Å²) in [6.45, 7) is 7.25. The summed E-state index contributed by atoms with van der Waals surface area (Å²) in [6, 6.07) is 7.99. The van der Waals surface area contributed by atoms with Crippen LogP contribution in [0.2, 0.25) is 0 Å². The molecule has 7 heteroatoms. The zero-order valence-electron chi connectivity index (χ0n) is 23.1. The number of hydrogen-bond donors (Lipinski definition) is 1. The van der Waals surface area contributed by atoms with Gasteiger partial charge in [0, 0.05) is 49.1 Å². The third-order valence-corrected chi connectivity index (χ3v) is 7.11. The Morgan fingerprint density at radius 3 is 2.24 bits per heavy atom. The number of H-pyrrole nitrogens is 1. The van der Waals surface area contributed by atoms with Crippen molar-refractivity contribution in [3.63, 3.8) is 0 Å². The van der Waals surface area contributed by atoms with Gasteiger partial charge in [0.25, 0.3) is 0 Å². The molecular weight excluding hydrogens is 466 g/mol. The smallest absolute Gasteiger partial charge is 0.245 e. The topological polar surface area (TPSA) is 96.5 Å². The van der Waals surface area contributed by atoms with Gasteiger partial charge in [-0.3, -0.25) is 9.59 Å². The lowest BCUT2D eigenvalue weighted by Gasteiger charge is -2.40. The molecule has 206 valence electrons. The second-order valence-electron chi connectivity index (χ2n) is 10.0. The van der Waals surface area contributed by atoms with Crippen molar-refractivity contribution < 1.29 is 19.5 Å². The fourth-order valence-electron chi connectivity index (χ4n) is 5.08. The molecule has 3 rings (SSSR count). The molecule has 1 aliphatic rings. The summed E-state index contributed by atoms with van der Waals surface area (Å²) >= 11 is 0. The van der Waals surface area contributed by atoms with E-state index in [1.165, 1.54) is 55.9 Å². The number of rotatable bonds is 14. The molecule has 2 amide bonds. The van der Waals surface area contributed by atoms with Crippen LogP contribution >= 0.6 is 0 Å². The van der Waals surface area contributed by atoms with E-state index in [-0.39, 0.29) is 17.9 Å². The second kappa shape index (κ2) is 16.8. The molecule has 0 aliphatic carbocycles. The summed E-state index contributed by atoms with van der Waals surface area (Å²) in [4.78, 5) is 42.0. The highest BCUT2D eigenvalue weighted by Gasteiger charge is 2.35. The highest BCUT2D eigenvalue weighted by molar-refractivity contribution is 5.89. The van der Waals surface area contributed by atoms with Crippen LogP contribution in [-0.4, -0.2) is 58.2 Å². The summed E-state index contributed by atoms with van der Waals surface area (Å²) in [5, 5.41) is 10.1. The summed E-state index contributed by atoms with van der Waals surface area (Å²) < 4.78 is 0. The zero-order chi connectivity index (χ0) is 27.0. The van der Waals surface area contributed by atoms with Gasteiger partial charge in [0.2, 0.25) is 11.8 Å². The SMILES string of the molecule is CC(=O)[O-].CCCCCCCCCCCC(=O)N1CCN(CCc2c[nH]c3ccccc23)C(=O)C1CC. The maximum Gasteiger partial charge on any atom is 0.245 e. The standard InChI is InChI=1S/C28H43N3O2.C2H4O2/c1-3-5-6-7-8-9-10-11-12-17-27(32)31-21-20-30(28(33)26(31)4-2)19-18-23-22-29-25-16-14-13-15-24(23)25;1-2(3)4/h13-16,22,26,29H,3-12,17-21H2,1-2H3;1H3,(H,3,4)/p-1. The van der Waals surface area contributed by atoms with Crippen molar-refractivity contribution >= 4 is 28.7 Å². The van der Waals surface area contributed by atoms with Gasteiger partial charge < -0.3 is 24.7 Å². The summed E-state index contributed by atoms with van der Waals surface area (Å²) in [7, 11) is 0. The first kappa shape index (κ1) is 30.4. The summed E-state index contributed by atoms with van der Waals surface area (Å²) in [6.07, 6.45) is 15.4. The Hall–Kier alpha value is -2.83. The lowest BCUT2D eigenvalue weighted by atomic mass is 10.0. The number of carbonyl (C=O) groups is 3. The monoisotopic (exact) mass is 512 g/mol. The van der Waals surface area contributed by atoms with Gasteiger partial charge in [0.15, 0.2) is 0 Å². The molecule has 0 saturated carbocycles. The number of hydrogen-bond acceptors (Lipinski definition) is 4. The number of aromatic nitrogens is 1. The predicted molar refractivity (Wildman–Crippen MR) is 147 cm³/mol. The Bertz CT molecular complexity index is 967. The molecule has 1 unspecified atom stereocenters. The Balaban J connectivity index is 0.00000112. The van der Waals surface area contributed by atoms with E-state index in [0.29, 0.717) is 32.5 Å². The van der Waals surface area contributed by atoms with Gasteiger partial charge in [0.05, 0.1) is 0 Å². The van der Waals surface area contributed by atoms with Gasteiger partial charge in [0.1, 0.15) is 6.04 Å². The van der Waals surface area contributed by atoms with Gasteiger partial charge in [-0.25, -0.2) is 0 Å². The average molecular weight is 513 g/mol. The van der Waals surface area contributed by atoms with Crippen LogP contribution in [0.5, 0.6) is 0 Å². The number of amides is 2. The van der Waals surface area contributed by atoms with Crippen molar-refractivity contribution in [2.45, 2.75) is 104 Å². The Labute approximate surface area is 222 Å². The molecule has 0 bridgehead atoms. The van der Waals surface area contributed by atoms with E-state index < -0.39 is 5.97 Å². The molecule has 1 fully saturated rings. The van der Waals surface area contributed by atoms with Crippen LogP contribution in [0.3, 0.4) is 0 Å². The van der Waals surface area contributed by atoms with Crippen LogP contribution in [0.25, 0.3) is 10.9 Å². The Morgan fingerprint density at radius 1 is 0.973 bits per heavy atom. The number of carboxylic acid groups (broad SMARTS) is 1. The highest BCUT2D eigenvalue weighted by atomic mass is 16.4. The maximum absolute atomic E-state index is 13.1. The summed E-state index contributed by atoms with van der Waals surface area (Å²) in [5.41, 5.74) is 2.38. The summed E-state index contributed by atoms with van der Waals surface area (Å²) in [5.74, 6) is -0.807. The van der Waals surface area contributed by atoms with E-state index in [4.69, 9.17) is 9.90 Å². The fourth-order valence-corrected chi connectivity index (χ4v) is 5.08.